The Labute approximate surface area is 117 Å². The molecule has 0 aliphatic heterocycles. The zero-order valence-corrected chi connectivity index (χ0v) is 12.6. The lowest BCUT2D eigenvalue weighted by Gasteiger charge is -2.10. The van der Waals surface area contributed by atoms with E-state index in [1.165, 1.54) is 0 Å². The van der Waals surface area contributed by atoms with Crippen LogP contribution in [-0.4, -0.2) is 45.0 Å². The lowest BCUT2D eigenvalue weighted by Crippen LogP contribution is -2.42. The van der Waals surface area contributed by atoms with E-state index in [2.05, 4.69) is 15.7 Å². The normalized spacial score (nSPS) is 11.9. The number of nitrogens with zero attached hydrogens (tertiary/aromatic N) is 1. The quantitative estimate of drug-likeness (QED) is 0.172. The Bertz CT molecular complexity index is 223. The smallest absolute Gasteiger partial charge is 0.205 e. The van der Waals surface area contributed by atoms with Gasteiger partial charge < -0.3 is 14.8 Å². The zero-order valence-electron chi connectivity index (χ0n) is 12.6. The first-order valence-corrected chi connectivity index (χ1v) is 7.15. The van der Waals surface area contributed by atoms with Gasteiger partial charge in [-0.3, -0.25) is 10.4 Å². The van der Waals surface area contributed by atoms with Gasteiger partial charge in [0, 0.05) is 32.9 Å². The molecular formula is C13H30N4O2. The summed E-state index contributed by atoms with van der Waals surface area (Å²) in [6, 6.07) is 0. The Balaban J connectivity index is 3.50. The third-order valence-electron chi connectivity index (χ3n) is 2.37. The Morgan fingerprint density at radius 2 is 2.00 bits per heavy atom. The van der Waals surface area contributed by atoms with Crippen molar-refractivity contribution < 1.29 is 9.47 Å². The van der Waals surface area contributed by atoms with Crippen molar-refractivity contribution in [3.05, 3.63) is 0 Å². The predicted molar refractivity (Wildman–Crippen MR) is 79.1 cm³/mol. The molecule has 0 bridgehead atoms. The van der Waals surface area contributed by atoms with Crippen LogP contribution in [0.2, 0.25) is 0 Å². The molecule has 0 atom stereocenters. The van der Waals surface area contributed by atoms with E-state index in [1.54, 1.807) is 0 Å². The molecule has 6 nitrogen and oxygen atoms in total. The van der Waals surface area contributed by atoms with E-state index in [1.807, 2.05) is 20.8 Å². The minimum Gasteiger partial charge on any atom is -0.382 e. The maximum Gasteiger partial charge on any atom is 0.205 e. The summed E-state index contributed by atoms with van der Waals surface area (Å²) >= 11 is 0. The molecule has 0 aromatic heterocycles. The molecule has 0 amide bonds. The summed E-state index contributed by atoms with van der Waals surface area (Å²) in [6.45, 7) is 9.93. The van der Waals surface area contributed by atoms with Gasteiger partial charge in [-0.25, -0.2) is 5.84 Å². The molecule has 0 unspecified atom stereocenters. The van der Waals surface area contributed by atoms with E-state index in [-0.39, 0.29) is 0 Å². The fourth-order valence-corrected chi connectivity index (χ4v) is 1.41. The highest BCUT2D eigenvalue weighted by Crippen LogP contribution is 1.93. The molecule has 19 heavy (non-hydrogen) atoms. The van der Waals surface area contributed by atoms with Gasteiger partial charge in [-0.05, 0) is 40.0 Å². The zero-order chi connectivity index (χ0) is 14.3. The van der Waals surface area contributed by atoms with Crippen LogP contribution in [-0.2, 0) is 9.47 Å². The maximum absolute atomic E-state index is 5.47. The van der Waals surface area contributed by atoms with Crippen LogP contribution in [0.3, 0.4) is 0 Å². The lowest BCUT2D eigenvalue weighted by atomic mass is 10.3. The van der Waals surface area contributed by atoms with Crippen molar-refractivity contribution in [2.45, 2.75) is 46.1 Å². The summed E-state index contributed by atoms with van der Waals surface area (Å²) in [4.78, 5) is 4.32. The highest BCUT2D eigenvalue weighted by Gasteiger charge is 1.96. The minimum atomic E-state index is 0.307. The van der Waals surface area contributed by atoms with Crippen molar-refractivity contribution in [1.29, 1.82) is 0 Å². The third-order valence-corrected chi connectivity index (χ3v) is 2.37. The van der Waals surface area contributed by atoms with E-state index in [0.29, 0.717) is 18.6 Å². The molecule has 0 fully saturated rings. The molecule has 4 N–H and O–H groups in total. The van der Waals surface area contributed by atoms with Crippen molar-refractivity contribution in [3.8, 4) is 0 Å². The molecule has 114 valence electrons. The van der Waals surface area contributed by atoms with Gasteiger partial charge in [0.1, 0.15) is 0 Å². The van der Waals surface area contributed by atoms with E-state index >= 15 is 0 Å². The lowest BCUT2D eigenvalue weighted by molar-refractivity contribution is 0.0762. The number of ether oxygens (including phenoxy) is 2. The number of nitrogens with two attached hydrogens (primary N) is 1. The van der Waals surface area contributed by atoms with Crippen LogP contribution in [0.25, 0.3) is 0 Å². The molecule has 6 heteroatoms. The van der Waals surface area contributed by atoms with E-state index in [4.69, 9.17) is 15.3 Å². The highest BCUT2D eigenvalue weighted by molar-refractivity contribution is 5.79. The van der Waals surface area contributed by atoms with Crippen LogP contribution in [0.4, 0.5) is 0 Å². The molecule has 0 saturated heterocycles. The van der Waals surface area contributed by atoms with E-state index < -0.39 is 0 Å². The topological polar surface area (TPSA) is 80.9 Å². The summed E-state index contributed by atoms with van der Waals surface area (Å²) in [7, 11) is 0. The average Bonchev–Trinajstić information content (AvgIpc) is 2.39. The molecule has 0 heterocycles. The van der Waals surface area contributed by atoms with Crippen molar-refractivity contribution in [3.63, 3.8) is 0 Å². The number of hydrogen-bond acceptors (Lipinski definition) is 4. The number of guanidine groups is 1. The number of aliphatic imine (C=N–C) groups is 1. The average molecular weight is 274 g/mol. The summed E-state index contributed by atoms with van der Waals surface area (Å²) < 4.78 is 10.7. The number of unbranched alkanes of at least 4 members (excludes halogenated alkanes) is 1. The van der Waals surface area contributed by atoms with Gasteiger partial charge >= 0.3 is 0 Å². The van der Waals surface area contributed by atoms with Crippen LogP contribution < -0.4 is 16.6 Å². The second-order valence-electron chi connectivity index (χ2n) is 4.48. The van der Waals surface area contributed by atoms with Crippen LogP contribution in [0.15, 0.2) is 4.99 Å². The van der Waals surface area contributed by atoms with Gasteiger partial charge in [0.25, 0.3) is 0 Å². The fourth-order valence-electron chi connectivity index (χ4n) is 1.41. The number of rotatable bonds is 11. The molecule has 0 spiro atoms. The van der Waals surface area contributed by atoms with Crippen molar-refractivity contribution >= 4 is 5.96 Å². The SMILES string of the molecule is CCOCCCN=C(NN)NCCCCOC(C)C. The first-order valence-electron chi connectivity index (χ1n) is 7.15. The van der Waals surface area contributed by atoms with Gasteiger partial charge in [0.2, 0.25) is 5.96 Å². The van der Waals surface area contributed by atoms with Crippen LogP contribution in [0, 0.1) is 0 Å². The first-order chi connectivity index (χ1) is 9.20. The van der Waals surface area contributed by atoms with E-state index in [9.17, 15) is 0 Å². The number of nitrogens with one attached hydrogen (secondary N) is 2. The Morgan fingerprint density at radius 3 is 2.63 bits per heavy atom. The van der Waals surface area contributed by atoms with Crippen LogP contribution in [0.5, 0.6) is 0 Å². The molecule has 0 saturated carbocycles. The number of hydrazine groups is 1. The molecule has 0 rings (SSSR count). The van der Waals surface area contributed by atoms with Gasteiger partial charge in [0.05, 0.1) is 6.10 Å². The number of hydrogen-bond donors (Lipinski definition) is 3. The maximum atomic E-state index is 5.47. The summed E-state index contributed by atoms with van der Waals surface area (Å²) in [5.41, 5.74) is 2.57. The Morgan fingerprint density at radius 1 is 1.21 bits per heavy atom. The van der Waals surface area contributed by atoms with Crippen molar-refractivity contribution in [1.82, 2.24) is 10.7 Å². The van der Waals surface area contributed by atoms with Gasteiger partial charge in [-0.15, -0.1) is 0 Å². The van der Waals surface area contributed by atoms with Gasteiger partial charge in [-0.2, -0.15) is 0 Å². The molecule has 0 aromatic rings. The standard InChI is InChI=1S/C13H30N4O2/c1-4-18-10-7-9-16-13(17-14)15-8-5-6-11-19-12(2)3/h12H,4-11,14H2,1-3H3,(H2,15,16,17). The molecule has 0 radical (unpaired) electrons. The second-order valence-corrected chi connectivity index (χ2v) is 4.48. The minimum absolute atomic E-state index is 0.307. The summed E-state index contributed by atoms with van der Waals surface area (Å²) in [5, 5.41) is 3.17. The first kappa shape index (κ1) is 18.1. The Hall–Kier alpha value is -0.850. The van der Waals surface area contributed by atoms with Gasteiger partial charge in [0.15, 0.2) is 0 Å². The van der Waals surface area contributed by atoms with E-state index in [0.717, 1.165) is 45.6 Å². The van der Waals surface area contributed by atoms with Crippen molar-refractivity contribution in [2.75, 3.05) is 32.9 Å². The summed E-state index contributed by atoms with van der Waals surface area (Å²) in [5.74, 6) is 6.04. The summed E-state index contributed by atoms with van der Waals surface area (Å²) in [6.07, 6.45) is 3.28. The molecule has 0 aliphatic carbocycles. The largest absolute Gasteiger partial charge is 0.382 e. The highest BCUT2D eigenvalue weighted by atomic mass is 16.5. The van der Waals surface area contributed by atoms with Gasteiger partial charge in [-0.1, -0.05) is 0 Å². The molecule has 0 aliphatic rings. The van der Waals surface area contributed by atoms with Crippen molar-refractivity contribution in [2.24, 2.45) is 10.8 Å². The molecule has 0 aromatic carbocycles. The monoisotopic (exact) mass is 274 g/mol. The van der Waals surface area contributed by atoms with Crippen LogP contribution >= 0.6 is 0 Å². The third kappa shape index (κ3) is 13.4. The fraction of sp³-hybridized carbons (Fsp3) is 0.923. The Kier molecular flexibility index (Phi) is 13.0. The molecular weight excluding hydrogens is 244 g/mol. The second kappa shape index (κ2) is 13.6. The van der Waals surface area contributed by atoms with Crippen LogP contribution in [0.1, 0.15) is 40.0 Å². The predicted octanol–water partition coefficient (Wildman–Crippen LogP) is 1.03.